The third-order valence-electron chi connectivity index (χ3n) is 6.41. The van der Waals surface area contributed by atoms with E-state index < -0.39 is 0 Å². The van der Waals surface area contributed by atoms with E-state index in [0.717, 1.165) is 33.5 Å². The van der Waals surface area contributed by atoms with Crippen molar-refractivity contribution in [2.45, 2.75) is 92.8 Å². The summed E-state index contributed by atoms with van der Waals surface area (Å²) in [5, 5.41) is 6.47. The highest BCUT2D eigenvalue weighted by Crippen LogP contribution is 2.45. The minimum atomic E-state index is -0.265. The highest BCUT2D eigenvalue weighted by Gasteiger charge is 2.36. The zero-order valence-corrected chi connectivity index (χ0v) is 23.7. The molecule has 1 aromatic carbocycles. The Morgan fingerprint density at radius 1 is 1.26 bits per heavy atom. The molecule has 38 heavy (non-hydrogen) atoms. The van der Waals surface area contributed by atoms with Gasteiger partial charge in [0.25, 0.3) is 0 Å². The number of nitrogens with zero attached hydrogens (tertiary/aromatic N) is 2. The monoisotopic (exact) mass is 527 g/mol. The summed E-state index contributed by atoms with van der Waals surface area (Å²) < 4.78 is 14.5. The van der Waals surface area contributed by atoms with Gasteiger partial charge in [-0.25, -0.2) is 9.37 Å². The topological polar surface area (TPSA) is 117 Å². The molecule has 0 saturated heterocycles. The number of pyridine rings is 1. The van der Waals surface area contributed by atoms with Crippen molar-refractivity contribution in [3.05, 3.63) is 45.9 Å². The van der Waals surface area contributed by atoms with E-state index in [2.05, 4.69) is 24.5 Å². The van der Waals surface area contributed by atoms with Crippen molar-refractivity contribution in [2.24, 2.45) is 5.73 Å². The second kappa shape index (κ2) is 14.0. The molecule has 4 rings (SSSR count). The predicted octanol–water partition coefficient (Wildman–Crippen LogP) is 4.41. The van der Waals surface area contributed by atoms with Gasteiger partial charge in [0.15, 0.2) is 0 Å². The van der Waals surface area contributed by atoms with Crippen LogP contribution >= 0.6 is 0 Å². The number of rotatable bonds is 5. The number of halogens is 1. The maximum absolute atomic E-state index is 14.5. The van der Waals surface area contributed by atoms with Gasteiger partial charge in [-0.1, -0.05) is 33.3 Å². The first-order chi connectivity index (χ1) is 18.1. The summed E-state index contributed by atoms with van der Waals surface area (Å²) in [6.07, 6.45) is 5.63. The lowest BCUT2D eigenvalue weighted by atomic mass is 9.82. The fourth-order valence-electron chi connectivity index (χ4n) is 4.85. The molecule has 8 nitrogen and oxygen atoms in total. The first-order valence-electron chi connectivity index (χ1n) is 13.4. The van der Waals surface area contributed by atoms with Crippen molar-refractivity contribution in [1.29, 1.82) is 0 Å². The Morgan fingerprint density at radius 2 is 1.92 bits per heavy atom. The normalized spacial score (nSPS) is 16.3. The van der Waals surface area contributed by atoms with Gasteiger partial charge < -0.3 is 21.3 Å². The van der Waals surface area contributed by atoms with E-state index >= 15 is 0 Å². The minimum Gasteiger partial charge on any atom is -0.353 e. The summed E-state index contributed by atoms with van der Waals surface area (Å²) in [6.45, 7) is 14.1. The van der Waals surface area contributed by atoms with Crippen molar-refractivity contribution in [1.82, 2.24) is 20.5 Å². The molecule has 0 radical (unpaired) electrons. The van der Waals surface area contributed by atoms with Crippen LogP contribution in [0.25, 0.3) is 16.6 Å². The van der Waals surface area contributed by atoms with Gasteiger partial charge >= 0.3 is 0 Å². The summed E-state index contributed by atoms with van der Waals surface area (Å²) in [5.41, 5.74) is 10.6. The first-order valence-corrected chi connectivity index (χ1v) is 13.4. The molecule has 2 aliphatic rings. The number of carbonyl (C=O) groups is 3. The van der Waals surface area contributed by atoms with Crippen LogP contribution in [0.2, 0.25) is 0 Å². The van der Waals surface area contributed by atoms with Crippen LogP contribution in [0.5, 0.6) is 0 Å². The Morgan fingerprint density at radius 3 is 2.42 bits per heavy atom. The highest BCUT2D eigenvalue weighted by atomic mass is 19.1. The third-order valence-corrected chi connectivity index (χ3v) is 6.41. The van der Waals surface area contributed by atoms with Crippen molar-refractivity contribution >= 4 is 34.8 Å². The van der Waals surface area contributed by atoms with Crippen LogP contribution in [0.1, 0.15) is 94.8 Å². The summed E-state index contributed by atoms with van der Waals surface area (Å²) in [4.78, 5) is 40.6. The molecule has 4 N–H and O–H groups in total. The van der Waals surface area contributed by atoms with E-state index in [1.165, 1.54) is 12.5 Å². The number of carbonyl (C=O) groups excluding carboxylic acids is 3. The van der Waals surface area contributed by atoms with Crippen LogP contribution in [0.3, 0.4) is 0 Å². The fraction of sp³-hybridized carbons (Fsp3) is 0.517. The number of allylic oxidation sites excluding steroid dienone is 1. The molecule has 0 bridgehead atoms. The first kappa shape index (κ1) is 30.9. The van der Waals surface area contributed by atoms with E-state index in [-0.39, 0.29) is 36.3 Å². The molecule has 1 aliphatic carbocycles. The van der Waals surface area contributed by atoms with Gasteiger partial charge in [-0.15, -0.1) is 0 Å². The van der Waals surface area contributed by atoms with Crippen LogP contribution in [0, 0.1) is 12.7 Å². The van der Waals surface area contributed by atoms with Crippen molar-refractivity contribution < 1.29 is 18.8 Å². The van der Waals surface area contributed by atoms with E-state index in [1.807, 2.05) is 33.8 Å². The SMILES string of the molecule is C/C=C1/c2nc3cc(F)c(C)c4c3c(c2CN1C(=O)CC)C(NC=O)CC4.CC(C)NC(=O)CN.CCC. The van der Waals surface area contributed by atoms with Crippen molar-refractivity contribution in [2.75, 3.05) is 6.54 Å². The van der Waals surface area contributed by atoms with Gasteiger partial charge in [-0.2, -0.15) is 0 Å². The van der Waals surface area contributed by atoms with Gasteiger partial charge in [0.05, 0.1) is 36.0 Å². The zero-order valence-electron chi connectivity index (χ0n) is 23.7. The number of nitrogens with two attached hydrogens (primary N) is 1. The average Bonchev–Trinajstić information content (AvgIpc) is 3.26. The van der Waals surface area contributed by atoms with Crippen molar-refractivity contribution in [3.63, 3.8) is 0 Å². The molecular formula is C29H42FN5O3. The molecule has 0 saturated carbocycles. The smallest absolute Gasteiger partial charge is 0.233 e. The molecule has 1 atom stereocenters. The molecule has 1 aromatic heterocycles. The second-order valence-electron chi connectivity index (χ2n) is 9.73. The number of amides is 3. The molecule has 1 unspecified atom stereocenters. The Labute approximate surface area is 225 Å². The van der Waals surface area contributed by atoms with Gasteiger partial charge in [-0.05, 0) is 57.2 Å². The molecule has 9 heteroatoms. The van der Waals surface area contributed by atoms with E-state index in [1.54, 1.807) is 11.8 Å². The summed E-state index contributed by atoms with van der Waals surface area (Å²) in [7, 11) is 0. The lowest BCUT2D eigenvalue weighted by molar-refractivity contribution is -0.127. The number of nitrogens with one attached hydrogen (secondary N) is 2. The van der Waals surface area contributed by atoms with E-state index in [9.17, 15) is 18.8 Å². The second-order valence-corrected chi connectivity index (χ2v) is 9.73. The molecule has 3 amide bonds. The van der Waals surface area contributed by atoms with E-state index in [4.69, 9.17) is 10.7 Å². The lowest BCUT2D eigenvalue weighted by Crippen LogP contribution is -2.35. The fourth-order valence-corrected chi connectivity index (χ4v) is 4.85. The number of hydrogen-bond donors (Lipinski definition) is 3. The number of fused-ring (bicyclic) bond motifs is 2. The molecular weight excluding hydrogens is 485 g/mol. The van der Waals surface area contributed by atoms with Gasteiger partial charge in [0.2, 0.25) is 18.2 Å². The summed E-state index contributed by atoms with van der Waals surface area (Å²) in [5.74, 6) is -0.338. The molecule has 0 fully saturated rings. The van der Waals surface area contributed by atoms with Gasteiger partial charge in [-0.3, -0.25) is 14.4 Å². The number of aromatic nitrogens is 1. The number of benzene rings is 1. The van der Waals surface area contributed by atoms with Crippen LogP contribution in [0.4, 0.5) is 4.39 Å². The Balaban J connectivity index is 0.000000392. The average molecular weight is 528 g/mol. The van der Waals surface area contributed by atoms with Crippen molar-refractivity contribution in [3.8, 4) is 0 Å². The molecule has 0 spiro atoms. The Kier molecular flexibility index (Phi) is 11.4. The van der Waals surface area contributed by atoms with Crippen LogP contribution in [0.15, 0.2) is 12.1 Å². The highest BCUT2D eigenvalue weighted by molar-refractivity contribution is 5.95. The lowest BCUT2D eigenvalue weighted by Gasteiger charge is -2.28. The maximum Gasteiger partial charge on any atom is 0.233 e. The largest absolute Gasteiger partial charge is 0.353 e. The van der Waals surface area contributed by atoms with Gasteiger partial charge in [0.1, 0.15) is 5.82 Å². The zero-order chi connectivity index (χ0) is 28.6. The molecule has 208 valence electrons. The predicted molar refractivity (Wildman–Crippen MR) is 149 cm³/mol. The molecule has 2 heterocycles. The van der Waals surface area contributed by atoms with Crippen LogP contribution in [-0.4, -0.2) is 40.7 Å². The minimum absolute atomic E-state index is 0.0237. The third kappa shape index (κ3) is 6.56. The Bertz CT molecular complexity index is 1210. The Hall–Kier alpha value is -3.33. The van der Waals surface area contributed by atoms with Gasteiger partial charge in [0, 0.05) is 29.5 Å². The van der Waals surface area contributed by atoms with Crippen LogP contribution in [-0.2, 0) is 27.3 Å². The van der Waals surface area contributed by atoms with E-state index in [0.29, 0.717) is 43.3 Å². The summed E-state index contributed by atoms with van der Waals surface area (Å²) in [6, 6.07) is 1.51. The molecule has 1 aliphatic heterocycles. The summed E-state index contributed by atoms with van der Waals surface area (Å²) >= 11 is 0. The standard InChI is InChI=1S/C21H22FN3O2.C5H12N2O.C3H8/c1-4-17-21-13(9-25(17)18(27)5-2)20-15(23-10-26)7-6-12-11(3)14(22)8-16(24-21)19(12)20;1-4(2)7-5(8)3-6;1-3-2/h4,8,10,15H,5-7,9H2,1-3H3,(H,23,26);4H,3,6H2,1-2H3,(H,7,8);3H2,1-2H3/b17-4-;;. The quantitative estimate of drug-likeness (QED) is 0.498. The molecule has 2 aromatic rings. The number of aryl methyl sites for hydroxylation is 1. The maximum atomic E-state index is 14.5. The van der Waals surface area contributed by atoms with Crippen LogP contribution < -0.4 is 16.4 Å². The number of hydrogen-bond acceptors (Lipinski definition) is 5.